The summed E-state index contributed by atoms with van der Waals surface area (Å²) in [5.74, 6) is -0.731. The average Bonchev–Trinajstić information content (AvgIpc) is 3.20. The van der Waals surface area contributed by atoms with Crippen molar-refractivity contribution < 1.29 is 14.7 Å². The number of likely N-dealkylation sites (tertiary alicyclic amines) is 1. The fourth-order valence-electron chi connectivity index (χ4n) is 4.32. The number of aromatic nitrogens is 2. The van der Waals surface area contributed by atoms with E-state index in [1.807, 2.05) is 24.4 Å². The van der Waals surface area contributed by atoms with Gasteiger partial charge in [-0.25, -0.2) is 4.52 Å². The van der Waals surface area contributed by atoms with Crippen molar-refractivity contribution in [2.75, 3.05) is 6.54 Å². The van der Waals surface area contributed by atoms with Gasteiger partial charge in [-0.2, -0.15) is 5.10 Å². The lowest BCUT2D eigenvalue weighted by atomic mass is 9.82. The Morgan fingerprint density at radius 3 is 3.04 bits per heavy atom. The molecule has 1 saturated heterocycles. The van der Waals surface area contributed by atoms with Crippen molar-refractivity contribution in [3.05, 3.63) is 36.2 Å². The Kier molecular flexibility index (Phi) is 3.14. The van der Waals surface area contributed by atoms with Gasteiger partial charge in [0.25, 0.3) is 0 Å². The Morgan fingerprint density at radius 1 is 1.35 bits per heavy atom. The normalized spacial score (nSPS) is 26.6. The summed E-state index contributed by atoms with van der Waals surface area (Å²) < 4.78 is 1.75. The third-order valence-electron chi connectivity index (χ3n) is 5.51. The van der Waals surface area contributed by atoms with E-state index in [2.05, 4.69) is 5.10 Å². The van der Waals surface area contributed by atoms with E-state index in [0.717, 1.165) is 23.9 Å². The summed E-state index contributed by atoms with van der Waals surface area (Å²) in [5, 5.41) is 13.9. The zero-order valence-electron chi connectivity index (χ0n) is 12.8. The monoisotopic (exact) mass is 313 g/mol. The fraction of sp³-hybridized carbons (Fsp3) is 0.471. The van der Waals surface area contributed by atoms with Gasteiger partial charge in [0.2, 0.25) is 5.91 Å². The molecule has 6 nitrogen and oxygen atoms in total. The molecule has 1 amide bonds. The van der Waals surface area contributed by atoms with Crippen LogP contribution in [-0.2, 0) is 16.0 Å². The zero-order valence-corrected chi connectivity index (χ0v) is 12.8. The Morgan fingerprint density at radius 2 is 2.22 bits per heavy atom. The fourth-order valence-corrected chi connectivity index (χ4v) is 4.32. The third kappa shape index (κ3) is 2.04. The Balaban J connectivity index is 1.57. The molecule has 2 fully saturated rings. The van der Waals surface area contributed by atoms with Gasteiger partial charge in [0.1, 0.15) is 0 Å². The molecule has 2 aliphatic rings. The van der Waals surface area contributed by atoms with Crippen LogP contribution in [0.2, 0.25) is 0 Å². The molecule has 23 heavy (non-hydrogen) atoms. The van der Waals surface area contributed by atoms with Crippen molar-refractivity contribution >= 4 is 17.4 Å². The second-order valence-corrected chi connectivity index (χ2v) is 6.58. The topological polar surface area (TPSA) is 74.9 Å². The number of nitrogens with zero attached hydrogens (tertiary/aromatic N) is 3. The van der Waals surface area contributed by atoms with Gasteiger partial charge in [0.05, 0.1) is 23.5 Å². The second-order valence-electron chi connectivity index (χ2n) is 6.58. The van der Waals surface area contributed by atoms with E-state index in [-0.39, 0.29) is 18.4 Å². The summed E-state index contributed by atoms with van der Waals surface area (Å²) in [7, 11) is 0. The summed E-state index contributed by atoms with van der Waals surface area (Å²) >= 11 is 0. The van der Waals surface area contributed by atoms with Crippen LogP contribution in [0.1, 0.15) is 31.2 Å². The Labute approximate surface area is 133 Å². The molecule has 1 saturated carbocycles. The second kappa shape index (κ2) is 5.08. The van der Waals surface area contributed by atoms with Crippen molar-refractivity contribution in [1.82, 2.24) is 14.5 Å². The third-order valence-corrected chi connectivity index (χ3v) is 5.51. The Hall–Kier alpha value is -2.37. The van der Waals surface area contributed by atoms with Gasteiger partial charge in [0.15, 0.2) is 0 Å². The van der Waals surface area contributed by atoms with Gasteiger partial charge >= 0.3 is 5.97 Å². The molecule has 4 rings (SSSR count). The van der Waals surface area contributed by atoms with Crippen molar-refractivity contribution in [3.63, 3.8) is 0 Å². The average molecular weight is 313 g/mol. The molecule has 6 heteroatoms. The van der Waals surface area contributed by atoms with Gasteiger partial charge in [-0.05, 0) is 31.4 Å². The summed E-state index contributed by atoms with van der Waals surface area (Å²) in [6.45, 7) is 0.551. The largest absolute Gasteiger partial charge is 0.481 e. The first kappa shape index (κ1) is 14.2. The van der Waals surface area contributed by atoms with E-state index >= 15 is 0 Å². The number of amides is 1. The number of carbonyl (C=O) groups excluding carboxylic acids is 1. The highest BCUT2D eigenvalue weighted by atomic mass is 16.4. The predicted octanol–water partition coefficient (Wildman–Crippen LogP) is 1.73. The van der Waals surface area contributed by atoms with Crippen molar-refractivity contribution in [2.45, 2.75) is 38.1 Å². The lowest BCUT2D eigenvalue weighted by Gasteiger charge is -2.28. The van der Waals surface area contributed by atoms with E-state index in [1.54, 1.807) is 15.6 Å². The van der Waals surface area contributed by atoms with Crippen LogP contribution in [0.3, 0.4) is 0 Å². The SMILES string of the molecule is O=C(Cc1cnn2ccccc12)N1CC[C@@]2(C(=O)O)CCC[C@@H]12. The van der Waals surface area contributed by atoms with E-state index in [1.165, 1.54) is 0 Å². The molecule has 120 valence electrons. The maximum Gasteiger partial charge on any atom is 0.311 e. The molecule has 3 heterocycles. The first-order valence-electron chi connectivity index (χ1n) is 8.06. The zero-order chi connectivity index (χ0) is 16.0. The highest BCUT2D eigenvalue weighted by Crippen LogP contribution is 2.49. The number of carboxylic acid groups (broad SMARTS) is 1. The molecule has 1 N–H and O–H groups in total. The van der Waals surface area contributed by atoms with Crippen LogP contribution >= 0.6 is 0 Å². The lowest BCUT2D eigenvalue weighted by Crippen LogP contribution is -2.43. The molecule has 0 spiro atoms. The number of rotatable bonds is 3. The van der Waals surface area contributed by atoms with Gasteiger partial charge in [-0.3, -0.25) is 9.59 Å². The molecule has 1 aliphatic heterocycles. The highest BCUT2D eigenvalue weighted by Gasteiger charge is 2.56. The van der Waals surface area contributed by atoms with E-state index in [4.69, 9.17) is 0 Å². The van der Waals surface area contributed by atoms with E-state index in [9.17, 15) is 14.7 Å². The molecular formula is C17H19N3O3. The van der Waals surface area contributed by atoms with Crippen molar-refractivity contribution in [2.24, 2.45) is 5.41 Å². The summed E-state index contributed by atoms with van der Waals surface area (Å²) in [6, 6.07) is 5.62. The van der Waals surface area contributed by atoms with Gasteiger partial charge in [0, 0.05) is 24.3 Å². The van der Waals surface area contributed by atoms with Crippen molar-refractivity contribution in [1.29, 1.82) is 0 Å². The number of hydrogen-bond acceptors (Lipinski definition) is 3. The molecular weight excluding hydrogens is 294 g/mol. The molecule has 2 aromatic rings. The minimum Gasteiger partial charge on any atom is -0.481 e. The van der Waals surface area contributed by atoms with Gasteiger partial charge in [-0.1, -0.05) is 12.5 Å². The maximum atomic E-state index is 12.8. The lowest BCUT2D eigenvalue weighted by molar-refractivity contribution is -0.150. The summed E-state index contributed by atoms with van der Waals surface area (Å²) in [6.07, 6.45) is 6.80. The minimum absolute atomic E-state index is 0.0128. The first-order valence-corrected chi connectivity index (χ1v) is 8.06. The number of carbonyl (C=O) groups is 2. The van der Waals surface area contributed by atoms with Crippen LogP contribution in [0.15, 0.2) is 30.6 Å². The van der Waals surface area contributed by atoms with E-state index < -0.39 is 11.4 Å². The highest BCUT2D eigenvalue weighted by molar-refractivity contribution is 5.84. The quantitative estimate of drug-likeness (QED) is 0.936. The van der Waals surface area contributed by atoms with Crippen LogP contribution in [-0.4, -0.2) is 44.1 Å². The minimum atomic E-state index is -0.744. The number of aliphatic carboxylic acids is 1. The number of fused-ring (bicyclic) bond motifs is 2. The van der Waals surface area contributed by atoms with Crippen LogP contribution in [0.4, 0.5) is 0 Å². The van der Waals surface area contributed by atoms with Crippen LogP contribution < -0.4 is 0 Å². The molecule has 0 aromatic carbocycles. The predicted molar refractivity (Wildman–Crippen MR) is 82.9 cm³/mol. The summed E-state index contributed by atoms with van der Waals surface area (Å²) in [5.41, 5.74) is 1.11. The summed E-state index contributed by atoms with van der Waals surface area (Å²) in [4.78, 5) is 26.3. The standard InChI is InChI=1S/C17H19N3O3/c21-15(10-12-11-18-20-8-2-1-4-13(12)20)19-9-7-17(16(22)23)6-3-5-14(17)19/h1-2,4,8,11,14H,3,5-7,9-10H2,(H,22,23)/t14-,17+/m1/s1. The first-order chi connectivity index (χ1) is 11.1. The molecule has 1 aliphatic carbocycles. The molecule has 2 atom stereocenters. The molecule has 2 aromatic heterocycles. The molecule has 0 radical (unpaired) electrons. The van der Waals surface area contributed by atoms with Gasteiger partial charge in [-0.15, -0.1) is 0 Å². The van der Waals surface area contributed by atoms with Crippen LogP contribution in [0.5, 0.6) is 0 Å². The van der Waals surface area contributed by atoms with Crippen LogP contribution in [0, 0.1) is 5.41 Å². The smallest absolute Gasteiger partial charge is 0.311 e. The maximum absolute atomic E-state index is 12.8. The van der Waals surface area contributed by atoms with E-state index in [0.29, 0.717) is 19.4 Å². The number of pyridine rings is 1. The van der Waals surface area contributed by atoms with Crippen molar-refractivity contribution in [3.8, 4) is 0 Å². The van der Waals surface area contributed by atoms with Crippen LogP contribution in [0.25, 0.3) is 5.52 Å². The molecule has 0 unspecified atom stereocenters. The van der Waals surface area contributed by atoms with Gasteiger partial charge < -0.3 is 10.0 Å². The Bertz CT molecular complexity index is 784. The number of carboxylic acids is 1. The number of hydrogen-bond donors (Lipinski definition) is 1. The molecule has 0 bridgehead atoms.